The van der Waals surface area contributed by atoms with Gasteiger partial charge in [0.05, 0.1) is 15.5 Å². The van der Waals surface area contributed by atoms with Gasteiger partial charge in [-0.05, 0) is 49.9 Å². The van der Waals surface area contributed by atoms with Crippen LogP contribution in [-0.4, -0.2) is 26.5 Å². The molecule has 0 radical (unpaired) electrons. The van der Waals surface area contributed by atoms with Crippen LogP contribution in [-0.2, 0) is 9.84 Å². The van der Waals surface area contributed by atoms with Crippen molar-refractivity contribution in [3.05, 3.63) is 59.1 Å². The number of anilines is 1. The highest BCUT2D eigenvalue weighted by atomic mass is 35.5. The first kappa shape index (κ1) is 20.9. The number of hydrogen-bond donors (Lipinski definition) is 0. The minimum absolute atomic E-state index is 0.0452. The Balaban J connectivity index is 1.82. The van der Waals surface area contributed by atoms with Crippen molar-refractivity contribution in [3.8, 4) is 11.5 Å². The maximum Gasteiger partial charge on any atom is 0.236 e. The number of halogens is 1. The van der Waals surface area contributed by atoms with Gasteiger partial charge in [-0.1, -0.05) is 54.8 Å². The van der Waals surface area contributed by atoms with Crippen LogP contribution in [0.5, 0.6) is 0 Å². The summed E-state index contributed by atoms with van der Waals surface area (Å²) >= 11 is 6.33. The molecule has 1 aliphatic rings. The SMILES string of the molecule is CCC1CCN(c2oc(-c3ccccc3Cl)nc2S(=O)(=O)c2ccc(C)cc2)CC1. The van der Waals surface area contributed by atoms with E-state index in [2.05, 4.69) is 11.9 Å². The van der Waals surface area contributed by atoms with Crippen LogP contribution in [0.25, 0.3) is 11.5 Å². The molecule has 3 aromatic rings. The van der Waals surface area contributed by atoms with Gasteiger partial charge < -0.3 is 9.32 Å². The summed E-state index contributed by atoms with van der Waals surface area (Å²) in [6, 6.07) is 14.0. The molecule has 4 rings (SSSR count). The molecular formula is C23H25ClN2O3S. The number of aromatic nitrogens is 1. The predicted molar refractivity (Wildman–Crippen MR) is 119 cm³/mol. The second-order valence-electron chi connectivity index (χ2n) is 7.76. The van der Waals surface area contributed by atoms with Gasteiger partial charge in [0.25, 0.3) is 0 Å². The minimum Gasteiger partial charge on any atom is -0.419 e. The quantitative estimate of drug-likeness (QED) is 0.500. The van der Waals surface area contributed by atoms with Crippen molar-refractivity contribution in [1.29, 1.82) is 0 Å². The van der Waals surface area contributed by atoms with Crippen molar-refractivity contribution in [3.63, 3.8) is 0 Å². The van der Waals surface area contributed by atoms with E-state index in [4.69, 9.17) is 16.0 Å². The van der Waals surface area contributed by atoms with E-state index in [1.807, 2.05) is 24.0 Å². The number of nitrogens with zero attached hydrogens (tertiary/aromatic N) is 2. The molecule has 1 fully saturated rings. The van der Waals surface area contributed by atoms with E-state index in [1.54, 1.807) is 36.4 Å². The zero-order valence-corrected chi connectivity index (χ0v) is 18.7. The number of sulfone groups is 1. The second kappa shape index (κ2) is 8.44. The summed E-state index contributed by atoms with van der Waals surface area (Å²) in [6.45, 7) is 5.60. The number of hydrogen-bond acceptors (Lipinski definition) is 5. The first-order chi connectivity index (χ1) is 14.4. The smallest absolute Gasteiger partial charge is 0.236 e. The minimum atomic E-state index is -3.84. The van der Waals surface area contributed by atoms with Crippen molar-refractivity contribution >= 4 is 27.3 Å². The Labute approximate surface area is 182 Å². The Hall–Kier alpha value is -2.31. The average Bonchev–Trinajstić information content (AvgIpc) is 3.20. The fourth-order valence-electron chi connectivity index (χ4n) is 3.80. The van der Waals surface area contributed by atoms with E-state index in [1.165, 1.54) is 0 Å². The topological polar surface area (TPSA) is 63.4 Å². The first-order valence-corrected chi connectivity index (χ1v) is 12.1. The Kier molecular flexibility index (Phi) is 5.89. The van der Waals surface area contributed by atoms with Gasteiger partial charge in [-0.2, -0.15) is 4.98 Å². The molecule has 2 aromatic carbocycles. The van der Waals surface area contributed by atoms with Crippen LogP contribution in [0.3, 0.4) is 0 Å². The Morgan fingerprint density at radius 2 is 1.77 bits per heavy atom. The Morgan fingerprint density at radius 3 is 2.40 bits per heavy atom. The molecule has 0 unspecified atom stereocenters. The van der Waals surface area contributed by atoms with Gasteiger partial charge in [0.2, 0.25) is 26.6 Å². The molecule has 2 heterocycles. The zero-order chi connectivity index (χ0) is 21.3. The lowest BCUT2D eigenvalue weighted by atomic mass is 9.95. The fraction of sp³-hybridized carbons (Fsp3) is 0.348. The lowest BCUT2D eigenvalue weighted by Gasteiger charge is -2.31. The van der Waals surface area contributed by atoms with Crippen molar-refractivity contribution in [2.75, 3.05) is 18.0 Å². The summed E-state index contributed by atoms with van der Waals surface area (Å²) in [5.41, 5.74) is 1.57. The normalized spacial score (nSPS) is 15.5. The molecule has 30 heavy (non-hydrogen) atoms. The molecular weight excluding hydrogens is 420 g/mol. The number of benzene rings is 2. The van der Waals surface area contributed by atoms with Gasteiger partial charge in [0, 0.05) is 13.1 Å². The Bertz CT molecular complexity index is 1130. The van der Waals surface area contributed by atoms with Crippen molar-refractivity contribution in [2.24, 2.45) is 5.92 Å². The molecule has 0 atom stereocenters. The van der Waals surface area contributed by atoms with Crippen LogP contribution in [0.15, 0.2) is 62.9 Å². The highest BCUT2D eigenvalue weighted by Crippen LogP contribution is 2.38. The summed E-state index contributed by atoms with van der Waals surface area (Å²) in [5.74, 6) is 1.18. The molecule has 0 aliphatic carbocycles. The molecule has 0 spiro atoms. The highest BCUT2D eigenvalue weighted by Gasteiger charge is 2.33. The van der Waals surface area contributed by atoms with Gasteiger partial charge in [-0.25, -0.2) is 8.42 Å². The molecule has 0 amide bonds. The number of oxazole rings is 1. The number of rotatable bonds is 5. The molecule has 1 aliphatic heterocycles. The van der Waals surface area contributed by atoms with Gasteiger partial charge in [-0.15, -0.1) is 0 Å². The third-order valence-corrected chi connectivity index (χ3v) is 7.75. The predicted octanol–water partition coefficient (Wildman–Crippen LogP) is 5.76. The maximum absolute atomic E-state index is 13.5. The molecule has 1 saturated heterocycles. The molecule has 0 saturated carbocycles. The van der Waals surface area contributed by atoms with Crippen LogP contribution in [0.2, 0.25) is 5.02 Å². The standard InChI is InChI=1S/C23H25ClN2O3S/c1-3-17-12-14-26(15-13-17)23-22(30(27,28)18-10-8-16(2)9-11-18)25-21(29-23)19-6-4-5-7-20(19)24/h4-11,17H,3,12-15H2,1-2H3. The summed E-state index contributed by atoms with van der Waals surface area (Å²) in [6.07, 6.45) is 3.13. The van der Waals surface area contributed by atoms with Gasteiger partial charge in [-0.3, -0.25) is 0 Å². The van der Waals surface area contributed by atoms with Crippen LogP contribution in [0.4, 0.5) is 5.88 Å². The number of aryl methyl sites for hydroxylation is 1. The van der Waals surface area contributed by atoms with E-state index >= 15 is 0 Å². The molecule has 0 bridgehead atoms. The van der Waals surface area contributed by atoms with Crippen LogP contribution in [0, 0.1) is 12.8 Å². The van der Waals surface area contributed by atoms with E-state index < -0.39 is 9.84 Å². The van der Waals surface area contributed by atoms with Crippen molar-refractivity contribution < 1.29 is 12.8 Å². The monoisotopic (exact) mass is 444 g/mol. The largest absolute Gasteiger partial charge is 0.419 e. The second-order valence-corrected chi connectivity index (χ2v) is 10.0. The summed E-state index contributed by atoms with van der Waals surface area (Å²) in [7, 11) is -3.84. The summed E-state index contributed by atoms with van der Waals surface area (Å²) in [5, 5.41) is 0.422. The van der Waals surface area contributed by atoms with Gasteiger partial charge >= 0.3 is 0 Å². The Morgan fingerprint density at radius 1 is 1.10 bits per heavy atom. The van der Waals surface area contributed by atoms with E-state index in [9.17, 15) is 8.42 Å². The lowest BCUT2D eigenvalue weighted by Crippen LogP contribution is -2.34. The van der Waals surface area contributed by atoms with Crippen LogP contribution >= 0.6 is 11.6 Å². The molecule has 7 heteroatoms. The first-order valence-electron chi connectivity index (χ1n) is 10.2. The molecule has 1 aromatic heterocycles. The van der Waals surface area contributed by atoms with Crippen LogP contribution < -0.4 is 4.90 Å². The van der Waals surface area contributed by atoms with Crippen molar-refractivity contribution in [2.45, 2.75) is 43.0 Å². The van der Waals surface area contributed by atoms with Crippen LogP contribution in [0.1, 0.15) is 31.7 Å². The number of piperidine rings is 1. The fourth-order valence-corrected chi connectivity index (χ4v) is 5.33. The molecule has 5 nitrogen and oxygen atoms in total. The maximum atomic E-state index is 13.5. The molecule has 158 valence electrons. The third-order valence-electron chi connectivity index (χ3n) is 5.75. The lowest BCUT2D eigenvalue weighted by molar-refractivity contribution is 0.380. The van der Waals surface area contributed by atoms with Gasteiger partial charge in [0.15, 0.2) is 0 Å². The summed E-state index contributed by atoms with van der Waals surface area (Å²) in [4.78, 5) is 6.65. The molecule has 0 N–H and O–H groups in total. The van der Waals surface area contributed by atoms with Gasteiger partial charge in [0.1, 0.15) is 0 Å². The zero-order valence-electron chi connectivity index (χ0n) is 17.1. The van der Waals surface area contributed by atoms with Crippen molar-refractivity contribution in [1.82, 2.24) is 4.98 Å². The van der Waals surface area contributed by atoms with E-state index in [0.717, 1.165) is 37.9 Å². The average molecular weight is 445 g/mol. The van der Waals surface area contributed by atoms with E-state index in [-0.39, 0.29) is 15.8 Å². The third kappa shape index (κ3) is 3.98. The highest BCUT2D eigenvalue weighted by molar-refractivity contribution is 7.91. The summed E-state index contributed by atoms with van der Waals surface area (Å²) < 4.78 is 33.0. The van der Waals surface area contributed by atoms with E-state index in [0.29, 0.717) is 22.4 Å².